The summed E-state index contributed by atoms with van der Waals surface area (Å²) < 4.78 is 0. The number of aromatic carboxylic acids is 1. The molecular weight excluding hydrogens is 220 g/mol. The van der Waals surface area contributed by atoms with Crippen molar-refractivity contribution >= 4 is 11.7 Å². The van der Waals surface area contributed by atoms with Crippen molar-refractivity contribution < 1.29 is 9.90 Å². The van der Waals surface area contributed by atoms with Gasteiger partial charge in [0.25, 0.3) is 5.56 Å². The third-order valence-corrected chi connectivity index (χ3v) is 3.14. The average molecular weight is 236 g/mol. The Labute approximate surface area is 98.9 Å². The van der Waals surface area contributed by atoms with Gasteiger partial charge in [-0.25, -0.2) is 4.79 Å². The molecule has 92 valence electrons. The predicted molar refractivity (Wildman–Crippen MR) is 64.5 cm³/mol. The van der Waals surface area contributed by atoms with E-state index in [4.69, 9.17) is 5.11 Å². The maximum absolute atomic E-state index is 11.4. The first-order valence-electron chi connectivity index (χ1n) is 5.90. The number of nitrogens with one attached hydrogen (secondary N) is 2. The summed E-state index contributed by atoms with van der Waals surface area (Å²) in [4.78, 5) is 24.9. The highest BCUT2D eigenvalue weighted by atomic mass is 16.4. The van der Waals surface area contributed by atoms with E-state index >= 15 is 0 Å². The van der Waals surface area contributed by atoms with Gasteiger partial charge in [0.05, 0.1) is 5.69 Å². The first-order valence-corrected chi connectivity index (χ1v) is 5.90. The normalized spacial score (nSPS) is 16.7. The van der Waals surface area contributed by atoms with Crippen LogP contribution >= 0.6 is 0 Å². The molecule has 5 heteroatoms. The highest BCUT2D eigenvalue weighted by Gasteiger charge is 2.18. The second-order valence-corrected chi connectivity index (χ2v) is 4.38. The molecule has 1 aromatic rings. The summed E-state index contributed by atoms with van der Waals surface area (Å²) >= 11 is 0. The molecule has 1 aliphatic carbocycles. The number of aromatic amines is 1. The molecule has 0 aromatic carbocycles. The summed E-state index contributed by atoms with van der Waals surface area (Å²) in [6.45, 7) is 0. The maximum atomic E-state index is 11.4. The minimum absolute atomic E-state index is 0.196. The van der Waals surface area contributed by atoms with E-state index in [-0.39, 0.29) is 11.6 Å². The van der Waals surface area contributed by atoms with Crippen molar-refractivity contribution in [2.75, 3.05) is 5.32 Å². The molecule has 1 saturated carbocycles. The highest BCUT2D eigenvalue weighted by molar-refractivity contribution is 5.93. The van der Waals surface area contributed by atoms with Crippen LogP contribution in [0.3, 0.4) is 0 Å². The molecule has 1 fully saturated rings. The SMILES string of the molecule is O=C(O)c1c(NC2CCCCC2)cc[nH]c1=O. The average Bonchev–Trinajstić information content (AvgIpc) is 2.30. The van der Waals surface area contributed by atoms with Gasteiger partial charge in [-0.15, -0.1) is 0 Å². The van der Waals surface area contributed by atoms with E-state index in [1.54, 1.807) is 6.07 Å². The standard InChI is InChI=1S/C12H16N2O3/c15-11-10(12(16)17)9(6-7-13-11)14-8-4-2-1-3-5-8/h6-8H,1-5H2,(H,16,17)(H2,13,14,15). The fourth-order valence-electron chi connectivity index (χ4n) is 2.28. The van der Waals surface area contributed by atoms with E-state index in [1.807, 2.05) is 0 Å². The lowest BCUT2D eigenvalue weighted by Crippen LogP contribution is -2.26. The molecule has 17 heavy (non-hydrogen) atoms. The van der Waals surface area contributed by atoms with Gasteiger partial charge in [-0.1, -0.05) is 19.3 Å². The zero-order valence-corrected chi connectivity index (χ0v) is 9.53. The number of carbonyl (C=O) groups is 1. The molecule has 0 unspecified atom stereocenters. The Balaban J connectivity index is 2.22. The Kier molecular flexibility index (Phi) is 3.46. The first-order chi connectivity index (χ1) is 8.18. The van der Waals surface area contributed by atoms with Crippen molar-refractivity contribution in [3.8, 4) is 0 Å². The highest BCUT2D eigenvalue weighted by Crippen LogP contribution is 2.22. The Morgan fingerprint density at radius 3 is 2.71 bits per heavy atom. The summed E-state index contributed by atoms with van der Waals surface area (Å²) in [5.41, 5.74) is -0.329. The monoisotopic (exact) mass is 236 g/mol. The molecule has 0 radical (unpaired) electrons. The molecule has 0 saturated heterocycles. The van der Waals surface area contributed by atoms with Crippen molar-refractivity contribution in [2.24, 2.45) is 0 Å². The molecule has 0 bridgehead atoms. The van der Waals surface area contributed by atoms with Gasteiger partial charge in [0.15, 0.2) is 0 Å². The fourth-order valence-corrected chi connectivity index (χ4v) is 2.28. The molecule has 5 nitrogen and oxygen atoms in total. The first kappa shape index (κ1) is 11.7. The fraction of sp³-hybridized carbons (Fsp3) is 0.500. The van der Waals surface area contributed by atoms with Crippen LogP contribution in [0.25, 0.3) is 0 Å². The lowest BCUT2D eigenvalue weighted by Gasteiger charge is -2.24. The van der Waals surface area contributed by atoms with Gasteiger partial charge in [-0.3, -0.25) is 4.79 Å². The summed E-state index contributed by atoms with van der Waals surface area (Å²) in [5.74, 6) is -1.19. The van der Waals surface area contributed by atoms with Gasteiger partial charge < -0.3 is 15.4 Å². The summed E-state index contributed by atoms with van der Waals surface area (Å²) in [6.07, 6.45) is 7.09. The van der Waals surface area contributed by atoms with Crippen LogP contribution < -0.4 is 10.9 Å². The minimum atomic E-state index is -1.19. The van der Waals surface area contributed by atoms with Crippen molar-refractivity contribution in [3.63, 3.8) is 0 Å². The Hall–Kier alpha value is -1.78. The Morgan fingerprint density at radius 1 is 1.35 bits per heavy atom. The number of H-pyrrole nitrogens is 1. The molecule has 0 aliphatic heterocycles. The van der Waals surface area contributed by atoms with Crippen molar-refractivity contribution in [1.82, 2.24) is 4.98 Å². The third kappa shape index (κ3) is 2.67. The predicted octanol–water partition coefficient (Wildman–Crippen LogP) is 1.82. The number of anilines is 1. The summed E-state index contributed by atoms with van der Waals surface area (Å²) in [6, 6.07) is 1.89. The molecule has 2 rings (SSSR count). The zero-order valence-electron chi connectivity index (χ0n) is 9.53. The molecule has 3 N–H and O–H groups in total. The number of rotatable bonds is 3. The number of aromatic nitrogens is 1. The van der Waals surface area contributed by atoms with Crippen LogP contribution in [-0.4, -0.2) is 22.1 Å². The van der Waals surface area contributed by atoms with Crippen molar-refractivity contribution in [3.05, 3.63) is 28.2 Å². The quantitative estimate of drug-likeness (QED) is 0.747. The minimum Gasteiger partial charge on any atom is -0.477 e. The number of pyridine rings is 1. The van der Waals surface area contributed by atoms with Crippen LogP contribution in [0, 0.1) is 0 Å². The summed E-state index contributed by atoms with van der Waals surface area (Å²) in [5, 5.41) is 12.2. The van der Waals surface area contributed by atoms with Crippen LogP contribution in [0.4, 0.5) is 5.69 Å². The van der Waals surface area contributed by atoms with E-state index < -0.39 is 11.5 Å². The van der Waals surface area contributed by atoms with Crippen molar-refractivity contribution in [2.45, 2.75) is 38.1 Å². The molecule has 0 spiro atoms. The lowest BCUT2D eigenvalue weighted by atomic mass is 9.95. The van der Waals surface area contributed by atoms with E-state index in [0.717, 1.165) is 25.7 Å². The molecular formula is C12H16N2O3. The third-order valence-electron chi connectivity index (χ3n) is 3.14. The van der Waals surface area contributed by atoms with Gasteiger partial charge in [-0.05, 0) is 18.9 Å². The van der Waals surface area contributed by atoms with Crippen LogP contribution in [0.2, 0.25) is 0 Å². The molecule has 0 atom stereocenters. The molecule has 0 amide bonds. The molecule has 1 heterocycles. The van der Waals surface area contributed by atoms with Crippen LogP contribution in [-0.2, 0) is 0 Å². The summed E-state index contributed by atoms with van der Waals surface area (Å²) in [7, 11) is 0. The maximum Gasteiger partial charge on any atom is 0.343 e. The lowest BCUT2D eigenvalue weighted by molar-refractivity contribution is 0.0696. The van der Waals surface area contributed by atoms with E-state index in [9.17, 15) is 9.59 Å². The van der Waals surface area contributed by atoms with Crippen molar-refractivity contribution in [1.29, 1.82) is 0 Å². The van der Waals surface area contributed by atoms with Crippen LogP contribution in [0.15, 0.2) is 17.1 Å². The number of hydrogen-bond donors (Lipinski definition) is 3. The van der Waals surface area contributed by atoms with Gasteiger partial charge in [0, 0.05) is 12.2 Å². The van der Waals surface area contributed by atoms with Gasteiger partial charge in [0.1, 0.15) is 5.56 Å². The number of carboxylic acid groups (broad SMARTS) is 1. The Morgan fingerprint density at radius 2 is 2.06 bits per heavy atom. The molecule has 1 aromatic heterocycles. The Bertz CT molecular complexity index is 461. The largest absolute Gasteiger partial charge is 0.477 e. The van der Waals surface area contributed by atoms with Gasteiger partial charge in [-0.2, -0.15) is 0 Å². The molecule has 1 aliphatic rings. The zero-order chi connectivity index (χ0) is 12.3. The number of carboxylic acids is 1. The topological polar surface area (TPSA) is 82.2 Å². The second-order valence-electron chi connectivity index (χ2n) is 4.38. The van der Waals surface area contributed by atoms with E-state index in [0.29, 0.717) is 5.69 Å². The van der Waals surface area contributed by atoms with E-state index in [2.05, 4.69) is 10.3 Å². The van der Waals surface area contributed by atoms with Gasteiger partial charge in [0.2, 0.25) is 0 Å². The van der Waals surface area contributed by atoms with Crippen LogP contribution in [0.1, 0.15) is 42.5 Å². The second kappa shape index (κ2) is 5.03. The van der Waals surface area contributed by atoms with Crippen LogP contribution in [0.5, 0.6) is 0 Å². The smallest absolute Gasteiger partial charge is 0.343 e. The number of hydrogen-bond acceptors (Lipinski definition) is 3. The van der Waals surface area contributed by atoms with E-state index in [1.165, 1.54) is 12.6 Å². The van der Waals surface area contributed by atoms with Gasteiger partial charge >= 0.3 is 5.97 Å².